The standard InChI is InChI=1S/C48H50F4N8O4/c1-28(2)64-39-23-42-55-37(26-60(42)25-33(39)47(63)56-41-11-7-9-36(54-41)45(51)52)29-15-20-58(21-16-29)27-40(50)48(17-14-32-34(48)8-6-10-38(32)59-18-4-3-5-19-59)44-35(49)22-30(24-53-44)31-12-13-43(61)57-46(31)62/h6-11,14,17,22-26,28-29,31,40,45H,3-5,12-13,15-16,18-21,27H2,1-2H3,(H,54,56,63)(H,57,61,62). The minimum atomic E-state index is -2.79. The van der Waals surface area contributed by atoms with E-state index >= 15 is 8.78 Å². The van der Waals surface area contributed by atoms with E-state index in [1.165, 1.54) is 30.5 Å². The van der Waals surface area contributed by atoms with Crippen LogP contribution in [0.5, 0.6) is 5.75 Å². The zero-order valence-electron chi connectivity index (χ0n) is 35.7. The summed E-state index contributed by atoms with van der Waals surface area (Å²) in [5.74, 6) is -2.62. The molecule has 4 aromatic heterocycles. The number of likely N-dealkylation sites (tertiary alicyclic amines) is 1. The normalized spacial score (nSPS) is 21.1. The van der Waals surface area contributed by atoms with Gasteiger partial charge in [-0.05, 0) is 101 Å². The van der Waals surface area contributed by atoms with E-state index in [1.807, 2.05) is 44.3 Å². The third kappa shape index (κ3) is 8.35. The minimum Gasteiger partial charge on any atom is -0.490 e. The van der Waals surface area contributed by atoms with Crippen LogP contribution in [-0.2, 0) is 15.0 Å². The fourth-order valence-electron chi connectivity index (χ4n) is 9.75. The summed E-state index contributed by atoms with van der Waals surface area (Å²) in [7, 11) is 0. The van der Waals surface area contributed by atoms with Crippen LogP contribution in [0.4, 0.5) is 29.1 Å². The number of nitrogens with one attached hydrogen (secondary N) is 2. The minimum absolute atomic E-state index is 0.00900. The monoisotopic (exact) mass is 878 g/mol. The number of ether oxygens (including phenoxy) is 1. The van der Waals surface area contributed by atoms with Gasteiger partial charge >= 0.3 is 0 Å². The fraction of sp³-hybridized carbons (Fsp3) is 0.417. The number of allylic oxidation sites excluding steroid dienone is 1. The maximum Gasteiger partial charge on any atom is 0.280 e. The molecule has 0 spiro atoms. The van der Waals surface area contributed by atoms with Crippen LogP contribution in [0.25, 0.3) is 11.7 Å². The van der Waals surface area contributed by atoms with E-state index in [0.717, 1.165) is 49.3 Å². The molecule has 3 atom stereocenters. The topological polar surface area (TPSA) is 134 Å². The molecule has 16 heteroatoms. The van der Waals surface area contributed by atoms with E-state index in [9.17, 15) is 23.2 Å². The third-order valence-corrected chi connectivity index (χ3v) is 13.0. The van der Waals surface area contributed by atoms with Crippen LogP contribution in [0.1, 0.15) is 121 Å². The van der Waals surface area contributed by atoms with E-state index in [0.29, 0.717) is 42.7 Å². The molecule has 1 aromatic carbocycles. The van der Waals surface area contributed by atoms with Gasteiger partial charge in [-0.2, -0.15) is 0 Å². The van der Waals surface area contributed by atoms with Crippen LogP contribution < -0.4 is 20.3 Å². The van der Waals surface area contributed by atoms with Crippen LogP contribution in [0.2, 0.25) is 0 Å². The van der Waals surface area contributed by atoms with Crippen molar-refractivity contribution in [1.82, 2.24) is 29.6 Å². The molecule has 0 radical (unpaired) electrons. The molecule has 0 saturated carbocycles. The number of fused-ring (bicyclic) bond motifs is 2. The highest BCUT2D eigenvalue weighted by Crippen LogP contribution is 2.49. The van der Waals surface area contributed by atoms with Gasteiger partial charge in [-0.15, -0.1) is 0 Å². The van der Waals surface area contributed by atoms with Crippen molar-refractivity contribution in [2.24, 2.45) is 0 Å². The summed E-state index contributed by atoms with van der Waals surface area (Å²) in [6.07, 6.45) is 8.88. The van der Waals surface area contributed by atoms with Crippen LogP contribution in [-0.4, -0.2) is 87.0 Å². The maximum atomic E-state index is 17.7. The highest BCUT2D eigenvalue weighted by Gasteiger charge is 2.49. The molecular weight excluding hydrogens is 829 g/mol. The molecule has 3 amide bonds. The number of nitrogens with zero attached hydrogens (tertiary/aromatic N) is 6. The average molecular weight is 879 g/mol. The molecule has 3 aliphatic heterocycles. The number of anilines is 2. The molecular formula is C48H50F4N8O4. The Morgan fingerprint density at radius 3 is 2.48 bits per heavy atom. The zero-order valence-corrected chi connectivity index (χ0v) is 35.7. The van der Waals surface area contributed by atoms with Crippen molar-refractivity contribution in [3.05, 3.63) is 118 Å². The first-order chi connectivity index (χ1) is 30.9. The highest BCUT2D eigenvalue weighted by atomic mass is 19.3. The molecule has 0 bridgehead atoms. The number of benzene rings is 1. The second kappa shape index (κ2) is 17.8. The second-order valence-electron chi connectivity index (χ2n) is 17.5. The summed E-state index contributed by atoms with van der Waals surface area (Å²) in [6, 6.07) is 12.8. The van der Waals surface area contributed by atoms with Gasteiger partial charge < -0.3 is 24.3 Å². The number of halogens is 4. The first-order valence-electron chi connectivity index (χ1n) is 22.1. The van der Waals surface area contributed by atoms with E-state index in [2.05, 4.69) is 30.4 Å². The molecule has 2 N–H and O–H groups in total. The molecule has 334 valence electrons. The van der Waals surface area contributed by atoms with Crippen LogP contribution in [0, 0.1) is 5.82 Å². The van der Waals surface area contributed by atoms with Crippen molar-refractivity contribution < 1.29 is 36.7 Å². The van der Waals surface area contributed by atoms with E-state index in [1.54, 1.807) is 22.7 Å². The Morgan fingerprint density at radius 1 is 0.969 bits per heavy atom. The summed E-state index contributed by atoms with van der Waals surface area (Å²) >= 11 is 0. The number of hydrogen-bond acceptors (Lipinski definition) is 9. The van der Waals surface area contributed by atoms with Gasteiger partial charge in [0, 0.05) is 67.9 Å². The number of hydrogen-bond donors (Lipinski definition) is 2. The van der Waals surface area contributed by atoms with E-state index < -0.39 is 47.3 Å². The number of carbonyl (C=O) groups is 3. The smallest absolute Gasteiger partial charge is 0.280 e. The van der Waals surface area contributed by atoms with Crippen molar-refractivity contribution in [2.45, 2.75) is 94.7 Å². The summed E-state index contributed by atoms with van der Waals surface area (Å²) < 4.78 is 68.7. The molecule has 4 aliphatic rings. The van der Waals surface area contributed by atoms with Crippen LogP contribution >= 0.6 is 0 Å². The quantitative estimate of drug-likeness (QED) is 0.0939. The lowest BCUT2D eigenvalue weighted by atomic mass is 9.74. The Bertz CT molecular complexity index is 2620. The highest BCUT2D eigenvalue weighted by molar-refractivity contribution is 6.06. The van der Waals surface area contributed by atoms with Gasteiger partial charge in [-0.3, -0.25) is 24.7 Å². The number of imidazole rings is 1. The van der Waals surface area contributed by atoms with Gasteiger partial charge in [0.1, 0.15) is 34.9 Å². The number of piperidine rings is 3. The number of alkyl halides is 3. The second-order valence-corrected chi connectivity index (χ2v) is 17.5. The largest absolute Gasteiger partial charge is 0.490 e. The lowest BCUT2D eigenvalue weighted by Gasteiger charge is -2.38. The van der Waals surface area contributed by atoms with Gasteiger partial charge in [-0.25, -0.2) is 27.5 Å². The average Bonchev–Trinajstić information content (AvgIpc) is 3.89. The number of aromatic nitrogens is 4. The van der Waals surface area contributed by atoms with Crippen LogP contribution in [0.15, 0.2) is 73.2 Å². The lowest BCUT2D eigenvalue weighted by molar-refractivity contribution is -0.134. The zero-order chi connectivity index (χ0) is 44.7. The van der Waals surface area contributed by atoms with Crippen LogP contribution in [0.3, 0.4) is 0 Å². The Kier molecular flexibility index (Phi) is 12.0. The van der Waals surface area contributed by atoms with Gasteiger partial charge in [0.2, 0.25) is 11.8 Å². The Hall–Kier alpha value is -6.16. The number of imide groups is 1. The van der Waals surface area contributed by atoms with Gasteiger partial charge in [0.15, 0.2) is 0 Å². The molecule has 5 aromatic rings. The van der Waals surface area contributed by atoms with Crippen molar-refractivity contribution >= 4 is 40.9 Å². The molecule has 12 nitrogen and oxygen atoms in total. The molecule has 3 saturated heterocycles. The van der Waals surface area contributed by atoms with Crippen molar-refractivity contribution in [2.75, 3.05) is 42.9 Å². The maximum absolute atomic E-state index is 17.7. The summed E-state index contributed by atoms with van der Waals surface area (Å²) in [6.45, 7) is 6.52. The predicted octanol–water partition coefficient (Wildman–Crippen LogP) is 8.28. The SMILES string of the molecule is CC(C)Oc1cc2nc(C3CCN(CC(F)C4(c5ncc(C6CCC(=O)NC6=O)cc5F)C=Cc5c(N6CCCCC6)cccc54)CC3)cn2cc1C(=O)Nc1cccc(C(F)F)n1. The Labute approximate surface area is 368 Å². The van der Waals surface area contributed by atoms with Gasteiger partial charge in [-0.1, -0.05) is 30.4 Å². The number of pyridine rings is 3. The molecule has 1 aliphatic carbocycles. The summed E-state index contributed by atoms with van der Waals surface area (Å²) in [4.78, 5) is 55.8. The van der Waals surface area contributed by atoms with Crippen molar-refractivity contribution in [3.63, 3.8) is 0 Å². The van der Waals surface area contributed by atoms with Crippen molar-refractivity contribution in [1.29, 1.82) is 0 Å². The van der Waals surface area contributed by atoms with Gasteiger partial charge in [0.25, 0.3) is 12.3 Å². The van der Waals surface area contributed by atoms with Gasteiger partial charge in [0.05, 0.1) is 34.4 Å². The molecule has 7 heterocycles. The number of amides is 3. The Balaban J connectivity index is 0.954. The first kappa shape index (κ1) is 43.1. The molecule has 64 heavy (non-hydrogen) atoms. The summed E-state index contributed by atoms with van der Waals surface area (Å²) in [5, 5.41) is 4.94. The summed E-state index contributed by atoms with van der Waals surface area (Å²) in [5.41, 5.74) is 2.32. The molecule has 9 rings (SSSR count). The fourth-order valence-corrected chi connectivity index (χ4v) is 9.75. The lowest BCUT2D eigenvalue weighted by Crippen LogP contribution is -2.46. The first-order valence-corrected chi connectivity index (χ1v) is 22.1. The predicted molar refractivity (Wildman–Crippen MR) is 233 cm³/mol. The van der Waals surface area contributed by atoms with E-state index in [4.69, 9.17) is 9.72 Å². The molecule has 3 unspecified atom stereocenters. The van der Waals surface area contributed by atoms with E-state index in [-0.39, 0.29) is 60.1 Å². The van der Waals surface area contributed by atoms with Crippen molar-refractivity contribution in [3.8, 4) is 5.75 Å². The third-order valence-electron chi connectivity index (χ3n) is 13.0. The Morgan fingerprint density at radius 2 is 1.75 bits per heavy atom. The number of rotatable bonds is 12. The number of carbonyl (C=O) groups excluding carboxylic acids is 3. The molecule has 3 fully saturated rings.